The Bertz CT molecular complexity index is 793. The van der Waals surface area contributed by atoms with E-state index in [2.05, 4.69) is 18.9 Å². The van der Waals surface area contributed by atoms with Crippen LogP contribution in [0.2, 0.25) is 0 Å². The first kappa shape index (κ1) is 21.6. The van der Waals surface area contributed by atoms with Gasteiger partial charge in [0, 0.05) is 0 Å². The minimum atomic E-state index is -1.17. The lowest BCUT2D eigenvalue weighted by Gasteiger charge is -2.17. The van der Waals surface area contributed by atoms with Crippen molar-refractivity contribution in [2.24, 2.45) is 0 Å². The Hall–Kier alpha value is -3.43. The molecule has 0 bridgehead atoms. The molecule has 146 valence electrons. The highest BCUT2D eigenvalue weighted by molar-refractivity contribution is 6.18. The van der Waals surface area contributed by atoms with Crippen molar-refractivity contribution < 1.29 is 47.7 Å². The number of benzene rings is 1. The average molecular weight is 382 g/mol. The van der Waals surface area contributed by atoms with Gasteiger partial charge in [0.2, 0.25) is 0 Å². The molecule has 0 aliphatic rings. The van der Waals surface area contributed by atoms with Gasteiger partial charge in [-0.1, -0.05) is 0 Å². The summed E-state index contributed by atoms with van der Waals surface area (Å²) in [5, 5.41) is 0. The maximum absolute atomic E-state index is 12.3. The van der Waals surface area contributed by atoms with Crippen LogP contribution >= 0.6 is 0 Å². The van der Waals surface area contributed by atoms with Gasteiger partial charge in [-0.15, -0.1) is 0 Å². The van der Waals surface area contributed by atoms with Crippen molar-refractivity contribution in [1.29, 1.82) is 0 Å². The minimum Gasteiger partial charge on any atom is -0.465 e. The zero-order valence-electron chi connectivity index (χ0n) is 15.4. The summed E-state index contributed by atoms with van der Waals surface area (Å²) in [5.41, 5.74) is -2.85. The first-order chi connectivity index (χ1) is 12.8. The number of methoxy groups -OCH3 is 4. The van der Waals surface area contributed by atoms with Gasteiger partial charge in [-0.2, -0.15) is 0 Å². The molecule has 27 heavy (non-hydrogen) atoms. The third-order valence-electron chi connectivity index (χ3n) is 3.40. The Balaban J connectivity index is 4.15. The summed E-state index contributed by atoms with van der Waals surface area (Å²) >= 11 is 0. The molecular weight excluding hydrogens is 364 g/mol. The van der Waals surface area contributed by atoms with Crippen LogP contribution in [0.5, 0.6) is 0 Å². The lowest BCUT2D eigenvalue weighted by molar-refractivity contribution is 0.0489. The Morgan fingerprint density at radius 2 is 1.00 bits per heavy atom. The van der Waals surface area contributed by atoms with Crippen molar-refractivity contribution in [2.45, 2.75) is 6.92 Å². The molecule has 0 aliphatic heterocycles. The molecule has 0 aromatic heterocycles. The van der Waals surface area contributed by atoms with E-state index in [1.807, 2.05) is 0 Å². The molecule has 0 aliphatic carbocycles. The fourth-order valence-electron chi connectivity index (χ4n) is 2.26. The van der Waals surface area contributed by atoms with E-state index in [-0.39, 0.29) is 6.61 Å². The van der Waals surface area contributed by atoms with Crippen molar-refractivity contribution in [3.05, 3.63) is 33.9 Å². The summed E-state index contributed by atoms with van der Waals surface area (Å²) < 4.78 is 23.3. The van der Waals surface area contributed by atoms with E-state index in [1.165, 1.54) is 6.92 Å². The molecule has 0 fully saturated rings. The highest BCUT2D eigenvalue weighted by atomic mass is 16.5. The molecule has 10 heteroatoms. The van der Waals surface area contributed by atoms with Crippen molar-refractivity contribution in [3.63, 3.8) is 0 Å². The van der Waals surface area contributed by atoms with Gasteiger partial charge < -0.3 is 23.7 Å². The van der Waals surface area contributed by atoms with Crippen LogP contribution in [0, 0.1) is 0 Å². The molecule has 10 nitrogen and oxygen atoms in total. The molecule has 0 saturated heterocycles. The number of rotatable bonds is 6. The van der Waals surface area contributed by atoms with Gasteiger partial charge >= 0.3 is 29.8 Å². The van der Waals surface area contributed by atoms with E-state index in [0.29, 0.717) is 0 Å². The molecule has 0 unspecified atom stereocenters. The molecule has 0 spiro atoms. The van der Waals surface area contributed by atoms with Crippen LogP contribution in [0.15, 0.2) is 6.07 Å². The largest absolute Gasteiger partial charge is 0.465 e. The molecule has 0 atom stereocenters. The standard InChI is InChI=1S/C17H18O10/c1-6-27-14(19)9-7-8(13(18)23-2)10(15(20)24-3)12(17(22)26-5)11(9)16(21)25-4/h7H,6H2,1-5H3. The molecule has 1 rings (SSSR count). The Morgan fingerprint density at radius 1 is 0.630 bits per heavy atom. The Labute approximate surface area is 154 Å². The SMILES string of the molecule is CCOC(=O)c1cc(C(=O)OC)c(C(=O)OC)c(C(=O)OC)c1C(=O)OC. The lowest BCUT2D eigenvalue weighted by atomic mass is 9.91. The van der Waals surface area contributed by atoms with Crippen LogP contribution in [0.1, 0.15) is 58.7 Å². The van der Waals surface area contributed by atoms with E-state index in [1.54, 1.807) is 0 Å². The number of carbonyl (C=O) groups excluding carboxylic acids is 5. The van der Waals surface area contributed by atoms with Crippen molar-refractivity contribution >= 4 is 29.8 Å². The molecule has 1 aromatic rings. The monoisotopic (exact) mass is 382 g/mol. The predicted octanol–water partition coefficient (Wildman–Crippen LogP) is 1.01. The van der Waals surface area contributed by atoms with E-state index >= 15 is 0 Å². The van der Waals surface area contributed by atoms with Crippen molar-refractivity contribution in [2.75, 3.05) is 35.0 Å². The highest BCUT2D eigenvalue weighted by Crippen LogP contribution is 2.28. The van der Waals surface area contributed by atoms with E-state index < -0.39 is 57.7 Å². The lowest BCUT2D eigenvalue weighted by Crippen LogP contribution is -2.26. The van der Waals surface area contributed by atoms with Crippen molar-refractivity contribution in [3.8, 4) is 0 Å². The number of hydrogen-bond acceptors (Lipinski definition) is 10. The molecule has 1 aromatic carbocycles. The number of ether oxygens (including phenoxy) is 5. The second-order valence-electron chi connectivity index (χ2n) is 4.78. The van der Waals surface area contributed by atoms with Gasteiger partial charge in [0.15, 0.2) is 0 Å². The van der Waals surface area contributed by atoms with Gasteiger partial charge in [-0.25, -0.2) is 24.0 Å². The fourth-order valence-corrected chi connectivity index (χ4v) is 2.26. The molecule has 0 heterocycles. The van der Waals surface area contributed by atoms with E-state index in [0.717, 1.165) is 34.5 Å². The smallest absolute Gasteiger partial charge is 0.339 e. The van der Waals surface area contributed by atoms with Crippen LogP contribution in [0.25, 0.3) is 0 Å². The predicted molar refractivity (Wildman–Crippen MR) is 87.8 cm³/mol. The third-order valence-corrected chi connectivity index (χ3v) is 3.40. The second-order valence-corrected chi connectivity index (χ2v) is 4.78. The van der Waals surface area contributed by atoms with Gasteiger partial charge in [0.25, 0.3) is 0 Å². The topological polar surface area (TPSA) is 132 Å². The maximum atomic E-state index is 12.3. The summed E-state index contributed by atoms with van der Waals surface area (Å²) in [6.45, 7) is 1.46. The highest BCUT2D eigenvalue weighted by Gasteiger charge is 2.36. The van der Waals surface area contributed by atoms with Gasteiger partial charge in [-0.05, 0) is 13.0 Å². The zero-order chi connectivity index (χ0) is 20.7. The summed E-state index contributed by atoms with van der Waals surface area (Å²) in [7, 11) is 4.02. The van der Waals surface area contributed by atoms with Crippen LogP contribution in [-0.2, 0) is 23.7 Å². The van der Waals surface area contributed by atoms with Gasteiger partial charge in [-0.3, -0.25) is 0 Å². The normalized spacial score (nSPS) is 9.81. The number of hydrogen-bond donors (Lipinski definition) is 0. The van der Waals surface area contributed by atoms with E-state index in [4.69, 9.17) is 4.74 Å². The summed E-state index contributed by atoms with van der Waals surface area (Å²) in [6, 6.07) is 0.898. The first-order valence-corrected chi connectivity index (χ1v) is 7.50. The third kappa shape index (κ3) is 4.22. The molecule has 0 radical (unpaired) electrons. The van der Waals surface area contributed by atoms with Crippen LogP contribution in [0.4, 0.5) is 0 Å². The number of esters is 5. The van der Waals surface area contributed by atoms with Crippen LogP contribution < -0.4 is 0 Å². The average Bonchev–Trinajstić information content (AvgIpc) is 2.69. The molecule has 0 saturated carbocycles. The Morgan fingerprint density at radius 3 is 1.37 bits per heavy atom. The summed E-state index contributed by atoms with van der Waals surface area (Å²) in [4.78, 5) is 61.4. The maximum Gasteiger partial charge on any atom is 0.339 e. The molecular formula is C17H18O10. The van der Waals surface area contributed by atoms with Crippen LogP contribution in [0.3, 0.4) is 0 Å². The number of carbonyl (C=O) groups is 5. The summed E-state index contributed by atoms with van der Waals surface area (Å²) in [5.74, 6) is -5.50. The molecule has 0 amide bonds. The van der Waals surface area contributed by atoms with Gasteiger partial charge in [0.1, 0.15) is 0 Å². The van der Waals surface area contributed by atoms with E-state index in [9.17, 15) is 24.0 Å². The fraction of sp³-hybridized carbons (Fsp3) is 0.353. The zero-order valence-corrected chi connectivity index (χ0v) is 15.4. The van der Waals surface area contributed by atoms with Crippen molar-refractivity contribution in [1.82, 2.24) is 0 Å². The Kier molecular flexibility index (Phi) is 7.46. The quantitative estimate of drug-likeness (QED) is 0.518. The minimum absolute atomic E-state index is 0.0562. The van der Waals surface area contributed by atoms with Crippen LogP contribution in [-0.4, -0.2) is 64.9 Å². The van der Waals surface area contributed by atoms with Gasteiger partial charge in [0.05, 0.1) is 62.9 Å². The second kappa shape index (κ2) is 9.32. The molecule has 0 N–H and O–H groups in total. The summed E-state index contributed by atoms with van der Waals surface area (Å²) in [6.07, 6.45) is 0. The first-order valence-electron chi connectivity index (χ1n) is 7.50.